The number of hydrogen-bond donors (Lipinski definition) is 1. The molecule has 186 valence electrons. The van der Waals surface area contributed by atoms with Crippen molar-refractivity contribution in [1.29, 1.82) is 0 Å². The van der Waals surface area contributed by atoms with Crippen LogP contribution in [0, 0.1) is 6.92 Å². The molecule has 3 aromatic rings. The molecule has 0 aliphatic heterocycles. The van der Waals surface area contributed by atoms with Gasteiger partial charge in [0.25, 0.3) is 10.0 Å². The van der Waals surface area contributed by atoms with Gasteiger partial charge in [0.15, 0.2) is 0 Å². The molecule has 3 aromatic carbocycles. The van der Waals surface area contributed by atoms with Gasteiger partial charge in [-0.15, -0.1) is 0 Å². The fraction of sp³-hybridized carbons (Fsp3) is 0.296. The number of anilines is 1. The zero-order valence-electron chi connectivity index (χ0n) is 20.4. The summed E-state index contributed by atoms with van der Waals surface area (Å²) in [5.74, 6) is 0.806. The molecular weight excluding hydrogens is 464 g/mol. The fourth-order valence-corrected chi connectivity index (χ4v) is 5.03. The Bertz CT molecular complexity index is 1210. The second-order valence-electron chi connectivity index (χ2n) is 8.03. The molecule has 0 fully saturated rings. The quantitative estimate of drug-likeness (QED) is 0.377. The maximum atomic E-state index is 13.5. The van der Waals surface area contributed by atoms with Gasteiger partial charge in [0.05, 0.1) is 24.3 Å². The summed E-state index contributed by atoms with van der Waals surface area (Å²) >= 11 is 0. The van der Waals surface area contributed by atoms with Crippen LogP contribution in [0.3, 0.4) is 0 Å². The van der Waals surface area contributed by atoms with E-state index in [0.29, 0.717) is 24.6 Å². The molecule has 35 heavy (non-hydrogen) atoms. The van der Waals surface area contributed by atoms with Crippen molar-refractivity contribution in [2.75, 3.05) is 31.1 Å². The number of carbonyl (C=O) groups is 1. The smallest absolute Gasteiger partial charge is 0.264 e. The zero-order chi connectivity index (χ0) is 25.3. The van der Waals surface area contributed by atoms with Crippen LogP contribution in [-0.2, 0) is 21.2 Å². The lowest BCUT2D eigenvalue weighted by atomic mass is 10.1. The number of nitrogens with zero attached hydrogens (tertiary/aromatic N) is 1. The summed E-state index contributed by atoms with van der Waals surface area (Å²) in [6.07, 6.45) is 1.50. The van der Waals surface area contributed by atoms with Gasteiger partial charge in [-0.25, -0.2) is 8.42 Å². The molecular formula is C27H32N2O5S. The Kier molecular flexibility index (Phi) is 9.14. The lowest BCUT2D eigenvalue weighted by molar-refractivity contribution is -0.119. The van der Waals surface area contributed by atoms with Gasteiger partial charge in [-0.3, -0.25) is 9.10 Å². The maximum Gasteiger partial charge on any atom is 0.264 e. The molecule has 7 nitrogen and oxygen atoms in total. The highest BCUT2D eigenvalue weighted by molar-refractivity contribution is 7.92. The molecule has 0 saturated heterocycles. The van der Waals surface area contributed by atoms with Gasteiger partial charge in [0.2, 0.25) is 5.91 Å². The van der Waals surface area contributed by atoms with Crippen LogP contribution >= 0.6 is 0 Å². The van der Waals surface area contributed by atoms with Crippen molar-refractivity contribution < 1.29 is 22.7 Å². The first kappa shape index (κ1) is 26.1. The first-order valence-corrected chi connectivity index (χ1v) is 13.0. The normalized spacial score (nSPS) is 11.1. The molecule has 0 bridgehead atoms. The van der Waals surface area contributed by atoms with E-state index in [-0.39, 0.29) is 11.4 Å². The number of amides is 1. The van der Waals surface area contributed by atoms with E-state index in [1.54, 1.807) is 48.5 Å². The van der Waals surface area contributed by atoms with Gasteiger partial charge < -0.3 is 14.8 Å². The zero-order valence-corrected chi connectivity index (χ0v) is 21.2. The number of aryl methyl sites for hydroxylation is 2. The highest BCUT2D eigenvalue weighted by Gasteiger charge is 2.29. The molecule has 1 amide bonds. The Morgan fingerprint density at radius 3 is 2.31 bits per heavy atom. The average Bonchev–Trinajstić information content (AvgIpc) is 2.86. The summed E-state index contributed by atoms with van der Waals surface area (Å²) in [4.78, 5) is 12.9. The van der Waals surface area contributed by atoms with Gasteiger partial charge in [0.1, 0.15) is 18.0 Å². The Morgan fingerprint density at radius 1 is 0.971 bits per heavy atom. The summed E-state index contributed by atoms with van der Waals surface area (Å²) < 4.78 is 39.0. The molecule has 0 saturated carbocycles. The lowest BCUT2D eigenvalue weighted by Gasteiger charge is -2.25. The molecule has 0 unspecified atom stereocenters. The lowest BCUT2D eigenvalue weighted by Crippen LogP contribution is -2.41. The predicted octanol–water partition coefficient (Wildman–Crippen LogP) is 4.35. The molecule has 0 aromatic heterocycles. The van der Waals surface area contributed by atoms with Crippen LogP contribution in [0.25, 0.3) is 0 Å². The van der Waals surface area contributed by atoms with Gasteiger partial charge >= 0.3 is 0 Å². The number of ether oxygens (including phenoxy) is 2. The number of rotatable bonds is 12. The van der Waals surface area contributed by atoms with Crippen molar-refractivity contribution in [1.82, 2.24) is 5.32 Å². The molecule has 0 aliphatic rings. The number of hydrogen-bond acceptors (Lipinski definition) is 5. The van der Waals surface area contributed by atoms with E-state index in [4.69, 9.17) is 9.47 Å². The monoisotopic (exact) mass is 496 g/mol. The van der Waals surface area contributed by atoms with Crippen LogP contribution in [0.2, 0.25) is 0 Å². The van der Waals surface area contributed by atoms with Gasteiger partial charge in [-0.1, -0.05) is 42.0 Å². The van der Waals surface area contributed by atoms with Crippen LogP contribution in [0.15, 0.2) is 77.7 Å². The van der Waals surface area contributed by atoms with Crippen LogP contribution in [-0.4, -0.2) is 41.1 Å². The summed E-state index contributed by atoms with van der Waals surface area (Å²) in [6, 6.07) is 21.2. The highest BCUT2D eigenvalue weighted by Crippen LogP contribution is 2.32. The Balaban J connectivity index is 1.69. The van der Waals surface area contributed by atoms with Crippen LogP contribution in [0.5, 0.6) is 11.5 Å². The fourth-order valence-electron chi connectivity index (χ4n) is 3.60. The van der Waals surface area contributed by atoms with Gasteiger partial charge in [0, 0.05) is 6.54 Å². The average molecular weight is 497 g/mol. The molecule has 0 heterocycles. The number of benzene rings is 3. The summed E-state index contributed by atoms with van der Waals surface area (Å²) in [5, 5.41) is 2.84. The largest absolute Gasteiger partial charge is 0.495 e. The number of methoxy groups -OCH3 is 1. The molecule has 8 heteroatoms. The van der Waals surface area contributed by atoms with Gasteiger partial charge in [-0.2, -0.15) is 0 Å². The highest BCUT2D eigenvalue weighted by atomic mass is 32.2. The van der Waals surface area contributed by atoms with E-state index >= 15 is 0 Å². The minimum absolute atomic E-state index is 0.109. The van der Waals surface area contributed by atoms with Crippen LogP contribution < -0.4 is 19.1 Å². The minimum atomic E-state index is -4.00. The molecule has 3 rings (SSSR count). The third-order valence-corrected chi connectivity index (χ3v) is 7.22. The van der Waals surface area contributed by atoms with E-state index in [0.717, 1.165) is 34.0 Å². The van der Waals surface area contributed by atoms with E-state index in [2.05, 4.69) is 5.32 Å². The summed E-state index contributed by atoms with van der Waals surface area (Å²) in [5.41, 5.74) is 2.39. The van der Waals surface area contributed by atoms with E-state index < -0.39 is 15.9 Å². The third kappa shape index (κ3) is 6.99. The third-order valence-electron chi connectivity index (χ3n) is 5.45. The Morgan fingerprint density at radius 2 is 1.66 bits per heavy atom. The number of para-hydroxylation sites is 2. The number of carbonyl (C=O) groups excluding carboxylic acids is 1. The summed E-state index contributed by atoms with van der Waals surface area (Å²) in [7, 11) is -2.53. The van der Waals surface area contributed by atoms with E-state index in [9.17, 15) is 13.2 Å². The van der Waals surface area contributed by atoms with Crippen LogP contribution in [0.1, 0.15) is 24.5 Å². The van der Waals surface area contributed by atoms with E-state index in [1.165, 1.54) is 7.11 Å². The van der Waals surface area contributed by atoms with E-state index in [1.807, 2.05) is 38.1 Å². The molecule has 0 atom stereocenters. The van der Waals surface area contributed by atoms with Gasteiger partial charge in [-0.05, 0) is 68.7 Å². The van der Waals surface area contributed by atoms with Crippen molar-refractivity contribution in [3.63, 3.8) is 0 Å². The van der Waals surface area contributed by atoms with Crippen molar-refractivity contribution in [3.8, 4) is 11.5 Å². The first-order chi connectivity index (χ1) is 16.8. The molecule has 0 aliphatic carbocycles. The predicted molar refractivity (Wildman–Crippen MR) is 138 cm³/mol. The Labute approximate surface area is 207 Å². The molecule has 0 spiro atoms. The number of sulfonamides is 1. The summed E-state index contributed by atoms with van der Waals surface area (Å²) in [6.45, 7) is 4.51. The standard InChI is InChI=1S/C27H32N2O5S/c1-4-34-23-15-13-22(14-16-23)8-7-19-28-27(30)20-29(25-9-5-6-10-26(25)33-3)35(31,32)24-17-11-21(2)12-18-24/h5-6,9-18H,4,7-8,19-20H2,1-3H3,(H,28,30). The first-order valence-electron chi connectivity index (χ1n) is 11.6. The Hall–Kier alpha value is -3.52. The van der Waals surface area contributed by atoms with Crippen molar-refractivity contribution >= 4 is 21.6 Å². The van der Waals surface area contributed by atoms with Crippen LogP contribution in [0.4, 0.5) is 5.69 Å². The number of nitrogens with one attached hydrogen (secondary N) is 1. The second kappa shape index (κ2) is 12.3. The maximum absolute atomic E-state index is 13.5. The molecule has 1 N–H and O–H groups in total. The molecule has 0 radical (unpaired) electrons. The van der Waals surface area contributed by atoms with Crippen molar-refractivity contribution in [2.45, 2.75) is 31.6 Å². The van der Waals surface area contributed by atoms with Crippen molar-refractivity contribution in [2.24, 2.45) is 0 Å². The van der Waals surface area contributed by atoms with Crippen molar-refractivity contribution in [3.05, 3.63) is 83.9 Å². The topological polar surface area (TPSA) is 84.9 Å². The SMILES string of the molecule is CCOc1ccc(CCCNC(=O)CN(c2ccccc2OC)S(=O)(=O)c2ccc(C)cc2)cc1. The second-order valence-corrected chi connectivity index (χ2v) is 9.89. The minimum Gasteiger partial charge on any atom is -0.495 e.